The first-order chi connectivity index (χ1) is 25.8. The molecule has 0 saturated heterocycles. The lowest BCUT2D eigenvalue weighted by Crippen LogP contribution is -2.26. The number of hydrogen-bond donors (Lipinski definition) is 2. The lowest BCUT2D eigenvalue weighted by atomic mass is 9.82. The van der Waals surface area contributed by atoms with Crippen LogP contribution in [-0.2, 0) is 35.2 Å². The number of nitrogens with one attached hydrogen (secondary N) is 2. The Labute approximate surface area is 320 Å². The van der Waals surface area contributed by atoms with Crippen LogP contribution in [0, 0.1) is 5.92 Å². The summed E-state index contributed by atoms with van der Waals surface area (Å²) in [6.07, 6.45) is 19.0. The molecule has 3 aliphatic heterocycles. The van der Waals surface area contributed by atoms with Crippen LogP contribution in [-0.4, -0.2) is 34.0 Å². The number of nitrogens with zero attached hydrogens (tertiary/aromatic N) is 2. The highest BCUT2D eigenvalue weighted by Crippen LogP contribution is 2.44. The Bertz CT molecular complexity index is 1720. The first kappa shape index (κ1) is 40.5. The Morgan fingerprint density at radius 3 is 1.42 bits per heavy atom. The molecule has 0 amide bonds. The third kappa shape index (κ3) is 7.94. The number of esters is 1. The van der Waals surface area contributed by atoms with Gasteiger partial charge in [-0.1, -0.05) is 81.6 Å². The van der Waals surface area contributed by atoms with Crippen molar-refractivity contribution in [1.29, 1.82) is 0 Å². The Morgan fingerprint density at radius 1 is 0.566 bits per heavy atom. The number of unbranched alkanes of at least 4 members (excludes halogenated alkanes) is 2. The standard InChI is InChI=1S/C47H68N4O2/c1-11-21-24-37-44-33(16-6)29(12-2)39(48-44)27-41-31(14-4)35(18-8)46(50-41)38(25-22-23-26-43(52)53-20-10)47-36(19-9)32(15-5)42(51-47)28-40-30(13-3)34(17-7)45(37)49-40/h27-28,37-38,48-49H,11-26H2,1-10H3. The Morgan fingerprint density at radius 2 is 1.02 bits per heavy atom. The molecule has 0 saturated carbocycles. The summed E-state index contributed by atoms with van der Waals surface area (Å²) in [5.74, 6) is 0.221. The highest BCUT2D eigenvalue weighted by Gasteiger charge is 2.36. The molecule has 2 aromatic rings. The Balaban J connectivity index is 1.84. The van der Waals surface area contributed by atoms with Crippen molar-refractivity contribution in [2.75, 3.05) is 6.61 Å². The molecule has 2 aromatic heterocycles. The van der Waals surface area contributed by atoms with E-state index in [1.165, 1.54) is 91.6 Å². The monoisotopic (exact) mass is 721 g/mol. The molecule has 8 bridgehead atoms. The molecule has 0 radical (unpaired) electrons. The van der Waals surface area contributed by atoms with Crippen molar-refractivity contribution in [2.24, 2.45) is 15.9 Å². The first-order valence-corrected chi connectivity index (χ1v) is 21.5. The molecule has 2 N–H and O–H groups in total. The average Bonchev–Trinajstić information content (AvgIpc) is 3.90. The summed E-state index contributed by atoms with van der Waals surface area (Å²) in [5.41, 5.74) is 21.1. The van der Waals surface area contributed by atoms with Gasteiger partial charge < -0.3 is 14.7 Å². The summed E-state index contributed by atoms with van der Waals surface area (Å²) in [4.78, 5) is 31.8. The smallest absolute Gasteiger partial charge is 0.305 e. The van der Waals surface area contributed by atoms with Crippen molar-refractivity contribution in [3.8, 4) is 0 Å². The van der Waals surface area contributed by atoms with Crippen LogP contribution < -0.4 is 0 Å². The van der Waals surface area contributed by atoms with E-state index in [1.807, 2.05) is 6.92 Å². The largest absolute Gasteiger partial charge is 0.466 e. The van der Waals surface area contributed by atoms with Gasteiger partial charge in [-0.15, -0.1) is 0 Å². The summed E-state index contributed by atoms with van der Waals surface area (Å²) < 4.78 is 5.29. The second-order valence-electron chi connectivity index (χ2n) is 14.9. The van der Waals surface area contributed by atoms with Gasteiger partial charge >= 0.3 is 5.97 Å². The second-order valence-corrected chi connectivity index (χ2v) is 14.9. The number of allylic oxidation sites excluding steroid dienone is 4. The number of carbonyl (C=O) groups excluding carboxylic acids is 1. The number of carbonyl (C=O) groups is 1. The number of ether oxygens (including phenoxy) is 1. The average molecular weight is 721 g/mol. The van der Waals surface area contributed by atoms with Crippen LogP contribution in [0.15, 0.2) is 43.7 Å². The van der Waals surface area contributed by atoms with Crippen LogP contribution in [0.5, 0.6) is 0 Å². The fourth-order valence-corrected chi connectivity index (χ4v) is 9.61. The van der Waals surface area contributed by atoms with Crippen molar-refractivity contribution in [3.63, 3.8) is 0 Å². The van der Waals surface area contributed by atoms with Gasteiger partial charge in [-0.2, -0.15) is 0 Å². The van der Waals surface area contributed by atoms with Crippen LogP contribution >= 0.6 is 0 Å². The van der Waals surface area contributed by atoms with E-state index in [1.54, 1.807) is 0 Å². The maximum atomic E-state index is 12.3. The number of rotatable bonds is 17. The van der Waals surface area contributed by atoms with Gasteiger partial charge in [-0.25, -0.2) is 0 Å². The number of H-pyrrole nitrogens is 2. The predicted molar refractivity (Wildman–Crippen MR) is 225 cm³/mol. The normalized spacial score (nSPS) is 18.5. The van der Waals surface area contributed by atoms with Crippen LogP contribution in [0.25, 0.3) is 12.2 Å². The minimum atomic E-state index is -0.105. The SMILES string of the molecule is CCCCC1c2[nH]c(c(CC)c2CC)C=C2N=C(C(CC)=C2CC)C(CCCCC(=O)OCC)C2=NC(=Cc3[nH]c1c(CC)c3CC)C(CC)=C2CC. The fourth-order valence-electron chi connectivity index (χ4n) is 9.61. The van der Waals surface area contributed by atoms with Gasteiger partial charge in [-0.3, -0.25) is 14.8 Å². The number of fused-ring (bicyclic) bond motifs is 6. The van der Waals surface area contributed by atoms with Gasteiger partial charge in [0.15, 0.2) is 0 Å². The number of hydrogen-bond acceptors (Lipinski definition) is 4. The number of aromatic nitrogens is 2. The molecule has 0 atom stereocenters. The molecule has 5 rings (SSSR count). The van der Waals surface area contributed by atoms with E-state index in [4.69, 9.17) is 14.7 Å². The van der Waals surface area contributed by atoms with Gasteiger partial charge in [0.1, 0.15) is 0 Å². The number of aliphatic imine (C=N–C) groups is 2. The zero-order valence-corrected chi connectivity index (χ0v) is 34.8. The highest BCUT2D eigenvalue weighted by molar-refractivity contribution is 6.23. The summed E-state index contributed by atoms with van der Waals surface area (Å²) in [5, 5.41) is 0. The molecule has 0 fully saturated rings. The van der Waals surface area contributed by atoms with Gasteiger partial charge in [0.25, 0.3) is 0 Å². The third-order valence-electron chi connectivity index (χ3n) is 12.0. The van der Waals surface area contributed by atoms with Crippen LogP contribution in [0.1, 0.15) is 191 Å². The quantitative estimate of drug-likeness (QED) is 0.126. The minimum absolute atomic E-state index is 0.0560. The highest BCUT2D eigenvalue weighted by atomic mass is 16.5. The van der Waals surface area contributed by atoms with Gasteiger partial charge in [-0.05, 0) is 134 Å². The molecule has 5 heterocycles. The molecule has 0 aliphatic carbocycles. The topological polar surface area (TPSA) is 82.6 Å². The first-order valence-electron chi connectivity index (χ1n) is 21.5. The predicted octanol–water partition coefficient (Wildman–Crippen LogP) is 12.5. The zero-order chi connectivity index (χ0) is 38.2. The molecular formula is C47H68N4O2. The van der Waals surface area contributed by atoms with Crippen molar-refractivity contribution in [2.45, 2.75) is 171 Å². The summed E-state index contributed by atoms with van der Waals surface area (Å²) in [6, 6.07) is 0. The Hall–Kier alpha value is -3.67. The van der Waals surface area contributed by atoms with E-state index in [-0.39, 0.29) is 17.8 Å². The van der Waals surface area contributed by atoms with Crippen LogP contribution in [0.3, 0.4) is 0 Å². The third-order valence-corrected chi connectivity index (χ3v) is 12.0. The van der Waals surface area contributed by atoms with Crippen molar-refractivity contribution in [3.05, 3.63) is 78.7 Å². The number of aromatic amines is 2. The molecule has 0 spiro atoms. The molecular weight excluding hydrogens is 653 g/mol. The van der Waals surface area contributed by atoms with E-state index in [0.717, 1.165) is 88.4 Å². The lowest BCUT2D eigenvalue weighted by Gasteiger charge is -2.22. The summed E-state index contributed by atoms with van der Waals surface area (Å²) in [6.45, 7) is 23.0. The van der Waals surface area contributed by atoms with Gasteiger partial charge in [0.05, 0.1) is 29.4 Å². The molecule has 288 valence electrons. The summed E-state index contributed by atoms with van der Waals surface area (Å²) >= 11 is 0. The molecule has 6 heteroatoms. The van der Waals surface area contributed by atoms with E-state index in [2.05, 4.69) is 84.4 Å². The Kier molecular flexibility index (Phi) is 14.2. The van der Waals surface area contributed by atoms with E-state index in [9.17, 15) is 4.79 Å². The van der Waals surface area contributed by atoms with Crippen molar-refractivity contribution < 1.29 is 9.53 Å². The summed E-state index contributed by atoms with van der Waals surface area (Å²) in [7, 11) is 0. The molecule has 6 nitrogen and oxygen atoms in total. The van der Waals surface area contributed by atoms with Gasteiger partial charge in [0.2, 0.25) is 0 Å². The van der Waals surface area contributed by atoms with Gasteiger partial charge in [0, 0.05) is 41.0 Å². The van der Waals surface area contributed by atoms with E-state index in [0.29, 0.717) is 13.0 Å². The molecule has 0 aromatic carbocycles. The maximum Gasteiger partial charge on any atom is 0.305 e. The van der Waals surface area contributed by atoms with E-state index >= 15 is 0 Å². The van der Waals surface area contributed by atoms with Crippen molar-refractivity contribution in [1.82, 2.24) is 9.97 Å². The molecule has 0 unspecified atom stereocenters. The van der Waals surface area contributed by atoms with Crippen LogP contribution in [0.2, 0.25) is 0 Å². The maximum absolute atomic E-state index is 12.3. The van der Waals surface area contributed by atoms with E-state index < -0.39 is 0 Å². The van der Waals surface area contributed by atoms with Crippen LogP contribution in [0.4, 0.5) is 0 Å². The minimum Gasteiger partial charge on any atom is -0.466 e. The molecule has 53 heavy (non-hydrogen) atoms. The zero-order valence-electron chi connectivity index (χ0n) is 34.8. The molecule has 3 aliphatic rings. The lowest BCUT2D eigenvalue weighted by molar-refractivity contribution is -0.143. The fraction of sp³-hybridized carbons (Fsp3) is 0.596. The second kappa shape index (κ2) is 18.6. The van der Waals surface area contributed by atoms with Crippen molar-refractivity contribution >= 4 is 29.5 Å².